The van der Waals surface area contributed by atoms with E-state index in [1.54, 1.807) is 0 Å². The minimum atomic E-state index is -0.141. The van der Waals surface area contributed by atoms with E-state index in [2.05, 4.69) is 5.32 Å². The molecule has 16 heavy (non-hydrogen) atoms. The average molecular weight is 216 g/mol. The molecule has 1 unspecified atom stereocenters. The number of ketones is 1. The molecule has 0 bridgehead atoms. The van der Waals surface area contributed by atoms with Crippen LogP contribution in [0.3, 0.4) is 0 Å². The van der Waals surface area contributed by atoms with Gasteiger partial charge in [0.05, 0.1) is 11.7 Å². The van der Waals surface area contributed by atoms with Crippen molar-refractivity contribution in [1.29, 1.82) is 0 Å². The summed E-state index contributed by atoms with van der Waals surface area (Å²) < 4.78 is 1.93. The Balaban J connectivity index is 2.39. The highest BCUT2D eigenvalue weighted by molar-refractivity contribution is 5.99. The first kappa shape index (κ1) is 10.9. The fraction of sp³-hybridized carbons (Fsp3) is 0.308. The second-order valence-electron chi connectivity index (χ2n) is 3.86. The van der Waals surface area contributed by atoms with E-state index in [4.69, 9.17) is 0 Å². The first-order valence-corrected chi connectivity index (χ1v) is 5.57. The van der Waals surface area contributed by atoms with Crippen LogP contribution >= 0.6 is 0 Å². The number of carbonyl (C=O) groups excluding carboxylic acids is 1. The number of hydrogen-bond acceptors (Lipinski definition) is 2. The summed E-state index contributed by atoms with van der Waals surface area (Å²) in [4.78, 5) is 12.2. The number of carbonyl (C=O) groups is 1. The zero-order valence-electron chi connectivity index (χ0n) is 9.60. The largest absolute Gasteiger partial charge is 0.314 e. The molecule has 1 atom stereocenters. The highest BCUT2D eigenvalue weighted by Gasteiger charge is 2.16. The summed E-state index contributed by atoms with van der Waals surface area (Å²) in [5, 5.41) is 3.14. The first-order chi connectivity index (χ1) is 7.74. The van der Waals surface area contributed by atoms with Gasteiger partial charge >= 0.3 is 0 Å². The van der Waals surface area contributed by atoms with Gasteiger partial charge in [0.2, 0.25) is 0 Å². The van der Waals surface area contributed by atoms with Gasteiger partial charge in [0.25, 0.3) is 0 Å². The lowest BCUT2D eigenvalue weighted by atomic mass is 10.1. The molecule has 2 rings (SSSR count). The SMILES string of the molecule is CCNC(C)C(=O)c1cccc2cccn12. The average Bonchev–Trinajstić information content (AvgIpc) is 2.76. The van der Waals surface area contributed by atoms with Crippen molar-refractivity contribution in [3.63, 3.8) is 0 Å². The smallest absolute Gasteiger partial charge is 0.196 e. The van der Waals surface area contributed by atoms with Crippen LogP contribution in [0, 0.1) is 0 Å². The fourth-order valence-electron chi connectivity index (χ4n) is 1.89. The number of nitrogens with one attached hydrogen (secondary N) is 1. The molecule has 0 aromatic carbocycles. The predicted octanol–water partition coefficient (Wildman–Crippen LogP) is 2.12. The molecule has 84 valence electrons. The van der Waals surface area contributed by atoms with Crippen molar-refractivity contribution < 1.29 is 4.79 Å². The maximum atomic E-state index is 12.2. The van der Waals surface area contributed by atoms with E-state index in [1.165, 1.54) is 0 Å². The molecule has 2 heterocycles. The zero-order valence-corrected chi connectivity index (χ0v) is 9.60. The number of fused-ring (bicyclic) bond motifs is 1. The Hall–Kier alpha value is -1.61. The summed E-state index contributed by atoms with van der Waals surface area (Å²) in [6.07, 6.45) is 1.92. The van der Waals surface area contributed by atoms with E-state index in [0.717, 1.165) is 17.8 Å². The molecule has 0 saturated carbocycles. The van der Waals surface area contributed by atoms with Crippen molar-refractivity contribution in [2.45, 2.75) is 19.9 Å². The molecule has 0 spiro atoms. The van der Waals surface area contributed by atoms with Crippen molar-refractivity contribution in [2.24, 2.45) is 0 Å². The summed E-state index contributed by atoms with van der Waals surface area (Å²) in [6.45, 7) is 4.70. The number of hydrogen-bond donors (Lipinski definition) is 1. The third-order valence-corrected chi connectivity index (χ3v) is 2.72. The number of likely N-dealkylation sites (N-methyl/N-ethyl adjacent to an activating group) is 1. The maximum Gasteiger partial charge on any atom is 0.196 e. The van der Waals surface area contributed by atoms with Crippen LogP contribution in [-0.2, 0) is 0 Å². The lowest BCUT2D eigenvalue weighted by Crippen LogP contribution is -2.34. The second-order valence-corrected chi connectivity index (χ2v) is 3.86. The Morgan fingerprint density at radius 2 is 2.12 bits per heavy atom. The Morgan fingerprint density at radius 1 is 1.38 bits per heavy atom. The van der Waals surface area contributed by atoms with Gasteiger partial charge in [-0.3, -0.25) is 4.79 Å². The summed E-state index contributed by atoms with van der Waals surface area (Å²) in [5.41, 5.74) is 1.78. The van der Waals surface area contributed by atoms with Gasteiger partial charge in [0.1, 0.15) is 0 Å². The molecule has 0 amide bonds. The molecule has 3 nitrogen and oxygen atoms in total. The van der Waals surface area contributed by atoms with Gasteiger partial charge in [0, 0.05) is 11.7 Å². The summed E-state index contributed by atoms with van der Waals surface area (Å²) in [5.74, 6) is 0.128. The summed E-state index contributed by atoms with van der Waals surface area (Å²) in [7, 11) is 0. The molecule has 1 N–H and O–H groups in total. The van der Waals surface area contributed by atoms with Gasteiger partial charge in [-0.05, 0) is 37.7 Å². The van der Waals surface area contributed by atoms with Crippen LogP contribution in [0.2, 0.25) is 0 Å². The van der Waals surface area contributed by atoms with Gasteiger partial charge in [-0.15, -0.1) is 0 Å². The molecule has 3 heteroatoms. The van der Waals surface area contributed by atoms with E-state index in [9.17, 15) is 4.79 Å². The molecule has 2 aromatic rings. The van der Waals surface area contributed by atoms with Gasteiger partial charge in [-0.1, -0.05) is 13.0 Å². The van der Waals surface area contributed by atoms with Gasteiger partial charge in [-0.2, -0.15) is 0 Å². The molecular formula is C13H16N2O. The van der Waals surface area contributed by atoms with Gasteiger partial charge < -0.3 is 9.72 Å². The summed E-state index contributed by atoms with van der Waals surface area (Å²) >= 11 is 0. The number of aromatic nitrogens is 1. The van der Waals surface area contributed by atoms with Gasteiger partial charge in [-0.25, -0.2) is 0 Å². The molecule has 0 fully saturated rings. The molecule has 0 aliphatic heterocycles. The topological polar surface area (TPSA) is 33.5 Å². The van der Waals surface area contributed by atoms with Crippen molar-refractivity contribution in [1.82, 2.24) is 9.72 Å². The Labute approximate surface area is 95.1 Å². The first-order valence-electron chi connectivity index (χ1n) is 5.57. The van der Waals surface area contributed by atoms with Crippen LogP contribution < -0.4 is 5.32 Å². The highest BCUT2D eigenvalue weighted by Crippen LogP contribution is 2.10. The Morgan fingerprint density at radius 3 is 2.88 bits per heavy atom. The van der Waals surface area contributed by atoms with E-state index < -0.39 is 0 Å². The Bertz CT molecular complexity index is 501. The monoisotopic (exact) mass is 216 g/mol. The van der Waals surface area contributed by atoms with Crippen LogP contribution in [0.25, 0.3) is 5.52 Å². The van der Waals surface area contributed by atoms with E-state index in [0.29, 0.717) is 0 Å². The van der Waals surface area contributed by atoms with E-state index in [1.807, 2.05) is 54.8 Å². The lowest BCUT2D eigenvalue weighted by Gasteiger charge is -2.12. The van der Waals surface area contributed by atoms with Crippen LogP contribution in [0.5, 0.6) is 0 Å². The number of rotatable bonds is 4. The molecule has 0 saturated heterocycles. The minimum absolute atomic E-state index is 0.128. The molecule has 0 aliphatic carbocycles. The normalized spacial score (nSPS) is 12.9. The van der Waals surface area contributed by atoms with Crippen molar-refractivity contribution in [3.8, 4) is 0 Å². The quantitative estimate of drug-likeness (QED) is 0.794. The highest BCUT2D eigenvalue weighted by atomic mass is 16.1. The van der Waals surface area contributed by atoms with E-state index >= 15 is 0 Å². The maximum absolute atomic E-state index is 12.2. The third kappa shape index (κ3) is 1.86. The van der Waals surface area contributed by atoms with Crippen LogP contribution in [0.1, 0.15) is 24.3 Å². The minimum Gasteiger partial charge on any atom is -0.314 e. The van der Waals surface area contributed by atoms with Crippen LogP contribution in [0.15, 0.2) is 36.5 Å². The lowest BCUT2D eigenvalue weighted by molar-refractivity contribution is 0.0946. The standard InChI is InChI=1S/C13H16N2O/c1-3-14-10(2)13(16)12-8-4-6-11-7-5-9-15(11)12/h4-10,14H,3H2,1-2H3. The summed E-state index contributed by atoms with van der Waals surface area (Å²) in [6, 6.07) is 9.58. The van der Waals surface area contributed by atoms with Crippen molar-refractivity contribution >= 4 is 11.3 Å². The number of Topliss-reactive ketones (excluding diaryl/α,β-unsaturated/α-hetero) is 1. The van der Waals surface area contributed by atoms with Crippen LogP contribution in [-0.4, -0.2) is 22.8 Å². The van der Waals surface area contributed by atoms with Crippen LogP contribution in [0.4, 0.5) is 0 Å². The fourth-order valence-corrected chi connectivity index (χ4v) is 1.89. The predicted molar refractivity (Wildman–Crippen MR) is 64.9 cm³/mol. The Kier molecular flexibility index (Phi) is 3.06. The molecule has 0 radical (unpaired) electrons. The third-order valence-electron chi connectivity index (χ3n) is 2.72. The van der Waals surface area contributed by atoms with Gasteiger partial charge in [0.15, 0.2) is 5.78 Å². The van der Waals surface area contributed by atoms with E-state index in [-0.39, 0.29) is 11.8 Å². The molecule has 2 aromatic heterocycles. The number of nitrogens with zero attached hydrogens (tertiary/aromatic N) is 1. The number of pyridine rings is 1. The van der Waals surface area contributed by atoms with Crippen molar-refractivity contribution in [2.75, 3.05) is 6.54 Å². The van der Waals surface area contributed by atoms with Crippen molar-refractivity contribution in [3.05, 3.63) is 42.2 Å². The molecule has 0 aliphatic rings. The second kappa shape index (κ2) is 4.49. The molecular weight excluding hydrogens is 200 g/mol. The zero-order chi connectivity index (χ0) is 11.5.